The van der Waals surface area contributed by atoms with Gasteiger partial charge in [0.1, 0.15) is 12.2 Å². The smallest absolute Gasteiger partial charge is 0.251 e. The molecule has 0 aromatic rings. The lowest BCUT2D eigenvalue weighted by Crippen LogP contribution is -2.50. The maximum absolute atomic E-state index is 12.2. The Morgan fingerprint density at radius 3 is 2.10 bits per heavy atom. The summed E-state index contributed by atoms with van der Waals surface area (Å²) >= 11 is 0. The molecule has 3 saturated heterocycles. The molecular weight excluding hydrogens is 272 g/mol. The standard InChI is InChI=1S/C15H24N2O4/c18-14(12-3-1-9-20-12)16-11-5-7-17(8-6-11)15(19)13-4-2-10-21-13/h11-13H,1-10H2,(H,16,18). The molecule has 0 spiro atoms. The molecule has 3 rings (SSSR count). The Balaban J connectivity index is 1.42. The van der Waals surface area contributed by atoms with Gasteiger partial charge in [0.25, 0.3) is 5.91 Å². The van der Waals surface area contributed by atoms with Crippen LogP contribution in [0, 0.1) is 0 Å². The van der Waals surface area contributed by atoms with Crippen LogP contribution in [-0.2, 0) is 19.1 Å². The molecule has 2 unspecified atom stereocenters. The van der Waals surface area contributed by atoms with Crippen LogP contribution in [0.25, 0.3) is 0 Å². The minimum Gasteiger partial charge on any atom is -0.368 e. The molecule has 2 amide bonds. The maximum atomic E-state index is 12.2. The average molecular weight is 296 g/mol. The highest BCUT2D eigenvalue weighted by Crippen LogP contribution is 2.19. The van der Waals surface area contributed by atoms with Gasteiger partial charge in [-0.15, -0.1) is 0 Å². The van der Waals surface area contributed by atoms with Crippen LogP contribution in [0.5, 0.6) is 0 Å². The second kappa shape index (κ2) is 6.75. The third kappa shape index (κ3) is 3.55. The monoisotopic (exact) mass is 296 g/mol. The maximum Gasteiger partial charge on any atom is 0.251 e. The number of amides is 2. The van der Waals surface area contributed by atoms with Gasteiger partial charge >= 0.3 is 0 Å². The molecule has 0 aromatic heterocycles. The fourth-order valence-corrected chi connectivity index (χ4v) is 3.30. The minimum atomic E-state index is -0.267. The second-order valence-corrected chi connectivity index (χ2v) is 6.11. The number of carbonyl (C=O) groups is 2. The SMILES string of the molecule is O=C(NC1CCN(C(=O)C2CCCO2)CC1)C1CCCO1. The molecule has 0 aliphatic carbocycles. The second-order valence-electron chi connectivity index (χ2n) is 6.11. The number of rotatable bonds is 3. The van der Waals surface area contributed by atoms with Crippen LogP contribution < -0.4 is 5.32 Å². The summed E-state index contributed by atoms with van der Waals surface area (Å²) in [5.74, 6) is 0.132. The summed E-state index contributed by atoms with van der Waals surface area (Å²) in [7, 11) is 0. The fourth-order valence-electron chi connectivity index (χ4n) is 3.30. The largest absolute Gasteiger partial charge is 0.368 e. The van der Waals surface area contributed by atoms with E-state index in [9.17, 15) is 9.59 Å². The molecule has 6 heteroatoms. The zero-order chi connectivity index (χ0) is 14.7. The van der Waals surface area contributed by atoms with Gasteiger partial charge in [-0.3, -0.25) is 9.59 Å². The normalized spacial score (nSPS) is 30.6. The zero-order valence-electron chi connectivity index (χ0n) is 12.4. The number of hydrogen-bond acceptors (Lipinski definition) is 4. The Bertz CT molecular complexity index is 381. The lowest BCUT2D eigenvalue weighted by Gasteiger charge is -2.34. The van der Waals surface area contributed by atoms with Crippen LogP contribution in [0.3, 0.4) is 0 Å². The minimum absolute atomic E-state index is 0.0106. The third-order valence-electron chi connectivity index (χ3n) is 4.58. The van der Waals surface area contributed by atoms with Gasteiger partial charge in [-0.05, 0) is 38.5 Å². The van der Waals surface area contributed by atoms with Crippen molar-refractivity contribution in [3.63, 3.8) is 0 Å². The predicted molar refractivity (Wildman–Crippen MR) is 75.7 cm³/mol. The zero-order valence-corrected chi connectivity index (χ0v) is 12.4. The molecule has 1 N–H and O–H groups in total. The lowest BCUT2D eigenvalue weighted by molar-refractivity contribution is -0.142. The van der Waals surface area contributed by atoms with Gasteiger partial charge in [-0.2, -0.15) is 0 Å². The highest BCUT2D eigenvalue weighted by Gasteiger charge is 2.32. The van der Waals surface area contributed by atoms with E-state index < -0.39 is 0 Å². The summed E-state index contributed by atoms with van der Waals surface area (Å²) in [5.41, 5.74) is 0. The van der Waals surface area contributed by atoms with Gasteiger partial charge < -0.3 is 19.7 Å². The Labute approximate surface area is 125 Å². The summed E-state index contributed by atoms with van der Waals surface area (Å²) in [6, 6.07) is 0.162. The van der Waals surface area contributed by atoms with Gasteiger partial charge in [0, 0.05) is 32.3 Å². The van der Waals surface area contributed by atoms with Crippen molar-refractivity contribution < 1.29 is 19.1 Å². The summed E-state index contributed by atoms with van der Waals surface area (Å²) in [6.45, 7) is 2.79. The van der Waals surface area contributed by atoms with Crippen LogP contribution in [0.15, 0.2) is 0 Å². The van der Waals surface area contributed by atoms with E-state index in [0.717, 1.165) is 38.5 Å². The van der Waals surface area contributed by atoms with Gasteiger partial charge in [0.05, 0.1) is 0 Å². The van der Waals surface area contributed by atoms with Gasteiger partial charge in [0.15, 0.2) is 0 Å². The highest BCUT2D eigenvalue weighted by molar-refractivity contribution is 5.82. The molecule has 0 aromatic carbocycles. The quantitative estimate of drug-likeness (QED) is 0.821. The van der Waals surface area contributed by atoms with E-state index >= 15 is 0 Å². The van der Waals surface area contributed by atoms with Gasteiger partial charge in [0.2, 0.25) is 5.91 Å². The molecule has 21 heavy (non-hydrogen) atoms. The first kappa shape index (κ1) is 14.8. The molecule has 6 nitrogen and oxygen atoms in total. The van der Waals surface area contributed by atoms with E-state index in [1.165, 1.54) is 0 Å². The fraction of sp³-hybridized carbons (Fsp3) is 0.867. The molecule has 3 aliphatic heterocycles. The van der Waals surface area contributed by atoms with E-state index in [-0.39, 0.29) is 30.1 Å². The van der Waals surface area contributed by atoms with Crippen LogP contribution in [0.1, 0.15) is 38.5 Å². The van der Waals surface area contributed by atoms with Crippen molar-refractivity contribution in [3.05, 3.63) is 0 Å². The Morgan fingerprint density at radius 2 is 1.52 bits per heavy atom. The van der Waals surface area contributed by atoms with E-state index in [1.807, 2.05) is 4.90 Å². The molecule has 0 bridgehead atoms. The number of likely N-dealkylation sites (tertiary alicyclic amines) is 1. The van der Waals surface area contributed by atoms with Crippen molar-refractivity contribution >= 4 is 11.8 Å². The van der Waals surface area contributed by atoms with Gasteiger partial charge in [-0.25, -0.2) is 0 Å². The molecule has 2 atom stereocenters. The highest BCUT2D eigenvalue weighted by atomic mass is 16.5. The number of nitrogens with one attached hydrogen (secondary N) is 1. The van der Waals surface area contributed by atoms with Crippen LogP contribution >= 0.6 is 0 Å². The first-order valence-electron chi connectivity index (χ1n) is 8.06. The summed E-state index contributed by atoms with van der Waals surface area (Å²) in [4.78, 5) is 26.1. The van der Waals surface area contributed by atoms with Crippen molar-refractivity contribution in [2.75, 3.05) is 26.3 Å². The van der Waals surface area contributed by atoms with Crippen molar-refractivity contribution in [2.24, 2.45) is 0 Å². The Morgan fingerprint density at radius 1 is 0.905 bits per heavy atom. The van der Waals surface area contributed by atoms with Crippen LogP contribution in [0.2, 0.25) is 0 Å². The van der Waals surface area contributed by atoms with Gasteiger partial charge in [-0.1, -0.05) is 0 Å². The number of piperidine rings is 1. The van der Waals surface area contributed by atoms with E-state index in [1.54, 1.807) is 0 Å². The van der Waals surface area contributed by atoms with E-state index in [4.69, 9.17) is 9.47 Å². The van der Waals surface area contributed by atoms with E-state index in [2.05, 4.69) is 5.32 Å². The van der Waals surface area contributed by atoms with Crippen molar-refractivity contribution in [2.45, 2.75) is 56.8 Å². The van der Waals surface area contributed by atoms with Crippen molar-refractivity contribution in [1.29, 1.82) is 0 Å². The van der Waals surface area contributed by atoms with Crippen molar-refractivity contribution in [3.8, 4) is 0 Å². The number of hydrogen-bond donors (Lipinski definition) is 1. The molecular formula is C15H24N2O4. The summed E-state index contributed by atoms with van der Waals surface area (Å²) in [6.07, 6.45) is 4.74. The average Bonchev–Trinajstić information content (AvgIpc) is 3.20. The summed E-state index contributed by atoms with van der Waals surface area (Å²) < 4.78 is 10.8. The molecule has 3 aliphatic rings. The number of nitrogens with zero attached hydrogens (tertiary/aromatic N) is 1. The molecule has 118 valence electrons. The Kier molecular flexibility index (Phi) is 4.75. The third-order valence-corrected chi connectivity index (χ3v) is 4.58. The number of ether oxygens (including phenoxy) is 2. The molecule has 0 saturated carbocycles. The first-order chi connectivity index (χ1) is 10.2. The number of carbonyl (C=O) groups excluding carboxylic acids is 2. The van der Waals surface area contributed by atoms with Crippen LogP contribution in [0.4, 0.5) is 0 Å². The first-order valence-corrected chi connectivity index (χ1v) is 8.06. The van der Waals surface area contributed by atoms with Crippen LogP contribution in [-0.4, -0.2) is 61.3 Å². The van der Waals surface area contributed by atoms with E-state index in [0.29, 0.717) is 26.3 Å². The Hall–Kier alpha value is -1.14. The molecule has 3 heterocycles. The lowest BCUT2D eigenvalue weighted by atomic mass is 10.0. The predicted octanol–water partition coefficient (Wildman–Crippen LogP) is 0.452. The molecule has 0 radical (unpaired) electrons. The van der Waals surface area contributed by atoms with Crippen molar-refractivity contribution in [1.82, 2.24) is 10.2 Å². The molecule has 3 fully saturated rings. The topological polar surface area (TPSA) is 67.9 Å². The summed E-state index contributed by atoms with van der Waals surface area (Å²) in [5, 5.41) is 3.06.